The normalized spacial score (nSPS) is 10.8. The molecule has 1 N–H and O–H groups in total. The predicted octanol–water partition coefficient (Wildman–Crippen LogP) is 2.21. The van der Waals surface area contributed by atoms with E-state index in [4.69, 9.17) is 4.42 Å². The summed E-state index contributed by atoms with van der Waals surface area (Å²) < 4.78 is 7.22. The molecule has 96 valence electrons. The third kappa shape index (κ3) is 2.54. The predicted molar refractivity (Wildman–Crippen MR) is 69.6 cm³/mol. The van der Waals surface area contributed by atoms with E-state index < -0.39 is 0 Å². The lowest BCUT2D eigenvalue weighted by molar-refractivity contribution is 0.0989. The number of carbonyl (C=O) groups excluding carboxylic acids is 1. The molecule has 0 saturated heterocycles. The van der Waals surface area contributed by atoms with Gasteiger partial charge in [0.1, 0.15) is 5.76 Å². The van der Waals surface area contributed by atoms with Gasteiger partial charge in [-0.15, -0.1) is 0 Å². The van der Waals surface area contributed by atoms with Crippen LogP contribution in [0.5, 0.6) is 0 Å². The average Bonchev–Trinajstić information content (AvgIpc) is 2.94. The van der Waals surface area contributed by atoms with Crippen LogP contribution in [0.15, 0.2) is 28.9 Å². The second-order valence-corrected chi connectivity index (χ2v) is 4.45. The van der Waals surface area contributed by atoms with E-state index in [9.17, 15) is 4.79 Å². The minimum Gasteiger partial charge on any atom is -0.468 e. The van der Waals surface area contributed by atoms with Crippen LogP contribution in [-0.2, 0) is 13.6 Å². The molecule has 0 aliphatic heterocycles. The summed E-state index contributed by atoms with van der Waals surface area (Å²) in [6.45, 7) is 4.86. The Bertz CT molecular complexity index is 538. The zero-order valence-corrected chi connectivity index (χ0v) is 11.0. The van der Waals surface area contributed by atoms with Crippen LogP contribution in [0.4, 0.5) is 0 Å². The molecule has 0 radical (unpaired) electrons. The Kier molecular flexibility index (Phi) is 3.67. The molecule has 2 heterocycles. The molecule has 0 aliphatic rings. The molecular formula is C14H18N2O2. The second-order valence-electron chi connectivity index (χ2n) is 4.45. The van der Waals surface area contributed by atoms with Crippen LogP contribution in [0.2, 0.25) is 0 Å². The SMILES string of the molecule is Cc1cc(C(=O)CNCc2ccco2)c(C)n1C. The summed E-state index contributed by atoms with van der Waals surface area (Å²) in [6.07, 6.45) is 1.63. The van der Waals surface area contributed by atoms with Crippen molar-refractivity contribution in [3.63, 3.8) is 0 Å². The highest BCUT2D eigenvalue weighted by molar-refractivity contribution is 5.99. The van der Waals surface area contributed by atoms with Crippen molar-refractivity contribution in [1.82, 2.24) is 9.88 Å². The Hall–Kier alpha value is -1.81. The maximum atomic E-state index is 12.1. The first-order valence-electron chi connectivity index (χ1n) is 5.99. The zero-order valence-electron chi connectivity index (χ0n) is 11.0. The third-order valence-electron chi connectivity index (χ3n) is 3.24. The van der Waals surface area contributed by atoms with Crippen molar-refractivity contribution in [3.8, 4) is 0 Å². The molecule has 4 heteroatoms. The van der Waals surface area contributed by atoms with Gasteiger partial charge in [0.05, 0.1) is 19.4 Å². The molecule has 0 atom stereocenters. The van der Waals surface area contributed by atoms with Gasteiger partial charge in [-0.05, 0) is 32.0 Å². The van der Waals surface area contributed by atoms with Gasteiger partial charge in [0, 0.05) is 24.0 Å². The van der Waals surface area contributed by atoms with Crippen LogP contribution in [0.3, 0.4) is 0 Å². The molecule has 2 rings (SSSR count). The summed E-state index contributed by atoms with van der Waals surface area (Å²) in [7, 11) is 1.97. The quantitative estimate of drug-likeness (QED) is 0.823. The third-order valence-corrected chi connectivity index (χ3v) is 3.24. The van der Waals surface area contributed by atoms with Crippen LogP contribution in [-0.4, -0.2) is 16.9 Å². The monoisotopic (exact) mass is 246 g/mol. The molecule has 4 nitrogen and oxygen atoms in total. The zero-order chi connectivity index (χ0) is 13.1. The number of nitrogens with zero attached hydrogens (tertiary/aromatic N) is 1. The number of aromatic nitrogens is 1. The second kappa shape index (κ2) is 5.23. The maximum absolute atomic E-state index is 12.1. The number of furan rings is 1. The van der Waals surface area contributed by atoms with Gasteiger partial charge in [-0.3, -0.25) is 4.79 Å². The van der Waals surface area contributed by atoms with Gasteiger partial charge in [-0.25, -0.2) is 0 Å². The van der Waals surface area contributed by atoms with Crippen molar-refractivity contribution in [2.45, 2.75) is 20.4 Å². The van der Waals surface area contributed by atoms with E-state index >= 15 is 0 Å². The Morgan fingerprint density at radius 1 is 1.44 bits per heavy atom. The van der Waals surface area contributed by atoms with Crippen LogP contribution in [0.1, 0.15) is 27.5 Å². The molecule has 0 amide bonds. The van der Waals surface area contributed by atoms with Gasteiger partial charge in [0.15, 0.2) is 5.78 Å². The van der Waals surface area contributed by atoms with Crippen molar-refractivity contribution < 1.29 is 9.21 Å². The van der Waals surface area contributed by atoms with E-state index in [0.29, 0.717) is 13.1 Å². The van der Waals surface area contributed by atoms with Gasteiger partial charge in [-0.2, -0.15) is 0 Å². The van der Waals surface area contributed by atoms with Crippen molar-refractivity contribution in [3.05, 3.63) is 47.2 Å². The summed E-state index contributed by atoms with van der Waals surface area (Å²) in [5.41, 5.74) is 2.90. The summed E-state index contributed by atoms with van der Waals surface area (Å²) in [6, 6.07) is 5.66. The Labute approximate surface area is 107 Å². The fourth-order valence-corrected chi connectivity index (χ4v) is 1.95. The minimum absolute atomic E-state index is 0.114. The Morgan fingerprint density at radius 2 is 2.22 bits per heavy atom. The minimum atomic E-state index is 0.114. The van der Waals surface area contributed by atoms with Crippen LogP contribution < -0.4 is 5.32 Å². The Balaban J connectivity index is 1.93. The molecule has 0 unspecified atom stereocenters. The molecule has 0 saturated carbocycles. The van der Waals surface area contributed by atoms with E-state index in [0.717, 1.165) is 22.7 Å². The summed E-state index contributed by atoms with van der Waals surface area (Å²) >= 11 is 0. The van der Waals surface area contributed by atoms with E-state index in [1.54, 1.807) is 6.26 Å². The highest BCUT2D eigenvalue weighted by Gasteiger charge is 2.13. The number of rotatable bonds is 5. The smallest absolute Gasteiger partial charge is 0.178 e. The number of carbonyl (C=O) groups is 1. The Morgan fingerprint density at radius 3 is 2.78 bits per heavy atom. The molecule has 0 aliphatic carbocycles. The van der Waals surface area contributed by atoms with Gasteiger partial charge in [0.25, 0.3) is 0 Å². The number of hydrogen-bond acceptors (Lipinski definition) is 3. The van der Waals surface area contributed by atoms with Gasteiger partial charge < -0.3 is 14.3 Å². The maximum Gasteiger partial charge on any atom is 0.178 e. The van der Waals surface area contributed by atoms with Crippen molar-refractivity contribution in [1.29, 1.82) is 0 Å². The summed E-state index contributed by atoms with van der Waals surface area (Å²) in [4.78, 5) is 12.1. The first-order valence-corrected chi connectivity index (χ1v) is 5.99. The van der Waals surface area contributed by atoms with Gasteiger partial charge in [0.2, 0.25) is 0 Å². The largest absolute Gasteiger partial charge is 0.468 e. The molecule has 18 heavy (non-hydrogen) atoms. The lowest BCUT2D eigenvalue weighted by Gasteiger charge is -2.03. The van der Waals surface area contributed by atoms with E-state index in [1.807, 2.05) is 43.7 Å². The number of Topliss-reactive ketones (excluding diaryl/α,β-unsaturated/α-hetero) is 1. The van der Waals surface area contributed by atoms with Crippen LogP contribution >= 0.6 is 0 Å². The molecule has 0 aromatic carbocycles. The molecule has 0 fully saturated rings. The van der Waals surface area contributed by atoms with Crippen molar-refractivity contribution in [2.75, 3.05) is 6.54 Å². The first kappa shape index (κ1) is 12.6. The molecule has 2 aromatic heterocycles. The molecule has 0 spiro atoms. The fraction of sp³-hybridized carbons (Fsp3) is 0.357. The van der Waals surface area contributed by atoms with Crippen LogP contribution in [0, 0.1) is 13.8 Å². The molecule has 0 bridgehead atoms. The van der Waals surface area contributed by atoms with E-state index in [-0.39, 0.29) is 5.78 Å². The van der Waals surface area contributed by atoms with Crippen molar-refractivity contribution >= 4 is 5.78 Å². The number of hydrogen-bond donors (Lipinski definition) is 1. The van der Waals surface area contributed by atoms with Gasteiger partial charge in [-0.1, -0.05) is 0 Å². The van der Waals surface area contributed by atoms with E-state index in [2.05, 4.69) is 5.32 Å². The highest BCUT2D eigenvalue weighted by Crippen LogP contribution is 2.13. The first-order chi connectivity index (χ1) is 8.59. The fourth-order valence-electron chi connectivity index (χ4n) is 1.95. The summed E-state index contributed by atoms with van der Waals surface area (Å²) in [5, 5.41) is 3.09. The van der Waals surface area contributed by atoms with E-state index in [1.165, 1.54) is 0 Å². The van der Waals surface area contributed by atoms with Gasteiger partial charge >= 0.3 is 0 Å². The average molecular weight is 246 g/mol. The highest BCUT2D eigenvalue weighted by atomic mass is 16.3. The topological polar surface area (TPSA) is 47.2 Å². The number of nitrogens with one attached hydrogen (secondary N) is 1. The standard InChI is InChI=1S/C14H18N2O2/c1-10-7-13(11(2)16(10)3)14(17)9-15-8-12-5-4-6-18-12/h4-7,15H,8-9H2,1-3H3. The molecule has 2 aromatic rings. The number of aryl methyl sites for hydroxylation is 1. The lowest BCUT2D eigenvalue weighted by Crippen LogP contribution is -2.22. The number of ketones is 1. The molecular weight excluding hydrogens is 228 g/mol. The summed E-state index contributed by atoms with van der Waals surface area (Å²) in [5.74, 6) is 0.950. The lowest BCUT2D eigenvalue weighted by atomic mass is 10.1. The van der Waals surface area contributed by atoms with Crippen LogP contribution in [0.25, 0.3) is 0 Å². The van der Waals surface area contributed by atoms with Crippen molar-refractivity contribution in [2.24, 2.45) is 7.05 Å².